The van der Waals surface area contributed by atoms with Crippen LogP contribution in [0, 0.1) is 0 Å². The van der Waals surface area contributed by atoms with E-state index in [1.165, 1.54) is 6.92 Å². The van der Waals surface area contributed by atoms with Gasteiger partial charge in [-0.25, -0.2) is 0 Å². The van der Waals surface area contributed by atoms with Crippen LogP contribution in [-0.2, 0) is 31.5 Å². The van der Waals surface area contributed by atoms with Gasteiger partial charge in [0, 0.05) is 2.74 Å². The molecule has 0 amide bonds. The number of nitrogens with two attached hydrogens (primary N) is 2. The van der Waals surface area contributed by atoms with E-state index < -0.39 is 36.3 Å². The van der Waals surface area contributed by atoms with Crippen LogP contribution in [0.1, 0.15) is 17.4 Å². The fraction of sp³-hybridized carbons (Fsp3) is 0.571. The summed E-state index contributed by atoms with van der Waals surface area (Å²) < 4.78 is 20.1. The Balaban J connectivity index is -0.000000313. The topological polar surface area (TPSA) is 164 Å². The molecular weight excluding hydrogens is 272 g/mol. The van der Waals surface area contributed by atoms with E-state index in [1.54, 1.807) is 0 Å². The number of hydrogen-bond donors (Lipinski definition) is 5. The summed E-state index contributed by atoms with van der Waals surface area (Å²) in [5.41, 5.74) is 9.49. The molecule has 16 heavy (non-hydrogen) atoms. The van der Waals surface area contributed by atoms with Crippen LogP contribution in [0.4, 0.5) is 0 Å². The van der Waals surface area contributed by atoms with Gasteiger partial charge in [-0.15, -0.1) is 0 Å². The number of carbonyl (C=O) groups is 3. The second kappa shape index (κ2) is 10.4. The Bertz CT molecular complexity index is 326. The molecule has 7 N–H and O–H groups in total. The zero-order chi connectivity index (χ0) is 15.3. The number of aliphatic carboxylic acids is 3. The van der Waals surface area contributed by atoms with E-state index in [0.29, 0.717) is 0 Å². The van der Waals surface area contributed by atoms with Crippen LogP contribution in [0.5, 0.6) is 0 Å². The Labute approximate surface area is 106 Å². The molecule has 9 heteroatoms. The van der Waals surface area contributed by atoms with E-state index in [-0.39, 0.29) is 17.1 Å². The van der Waals surface area contributed by atoms with Crippen molar-refractivity contribution in [3.63, 3.8) is 0 Å². The molecule has 1 radical (unpaired) electrons. The molecule has 0 rings (SSSR count). The van der Waals surface area contributed by atoms with Crippen molar-refractivity contribution in [1.82, 2.24) is 0 Å². The summed E-state index contributed by atoms with van der Waals surface area (Å²) in [6, 6.07) is -3.91. The van der Waals surface area contributed by atoms with Crippen LogP contribution >= 0.6 is 0 Å². The maximum Gasteiger partial charge on any atom is 2.00 e. The molecule has 0 aromatic heterocycles. The van der Waals surface area contributed by atoms with Gasteiger partial charge in [0.2, 0.25) is 0 Å². The number of carboxylic acid groups (broad SMARTS) is 3. The summed E-state index contributed by atoms with van der Waals surface area (Å²) in [7, 11) is 0. The maximum absolute atomic E-state index is 10.2. The van der Waals surface area contributed by atoms with Gasteiger partial charge in [-0.05, 0) is 6.92 Å². The van der Waals surface area contributed by atoms with E-state index >= 15 is 0 Å². The minimum absolute atomic E-state index is 0. The first-order chi connectivity index (χ1) is 7.78. The van der Waals surface area contributed by atoms with Gasteiger partial charge in [-0.3, -0.25) is 14.4 Å². The maximum atomic E-state index is 10.2. The van der Waals surface area contributed by atoms with Gasteiger partial charge in [0.05, 0.1) is 7.74 Å². The summed E-state index contributed by atoms with van der Waals surface area (Å²) in [6.45, 7) is 1.42. The monoisotopic (exact) mass is 288 g/mol. The average Bonchev–Trinajstić information content (AvgIpc) is 2.17. The van der Waals surface area contributed by atoms with E-state index in [4.69, 9.17) is 25.2 Å². The Kier molecular flexibility index (Phi) is 8.37. The van der Waals surface area contributed by atoms with Gasteiger partial charge < -0.3 is 26.8 Å². The van der Waals surface area contributed by atoms with Crippen LogP contribution in [0.3, 0.4) is 0 Å². The largest absolute Gasteiger partial charge is 2.00 e. The predicted octanol–water partition coefficient (Wildman–Crippen LogP) is -1.71. The number of carboxylic acids is 3. The quantitative estimate of drug-likeness (QED) is 0.381. The Hall–Kier alpha value is -1.15. The fourth-order valence-electron chi connectivity index (χ4n) is 0.169. The number of hydrogen-bond acceptors (Lipinski definition) is 5. The average molecular weight is 289 g/mol. The van der Waals surface area contributed by atoms with Crippen LogP contribution < -0.4 is 11.5 Å². The van der Waals surface area contributed by atoms with Crippen molar-refractivity contribution in [2.24, 2.45) is 11.5 Å². The molecular formula is C7H14CuN2O6+2. The van der Waals surface area contributed by atoms with Gasteiger partial charge in [-0.2, -0.15) is 0 Å². The first-order valence-corrected chi connectivity index (χ1v) is 3.52. The number of rotatable bonds is 4. The third-order valence-corrected chi connectivity index (χ3v) is 0.862. The first kappa shape index (κ1) is 12.9. The Morgan fingerprint density at radius 2 is 1.56 bits per heavy atom. The zero-order valence-electron chi connectivity index (χ0n) is 11.1. The Morgan fingerprint density at radius 3 is 1.62 bits per heavy atom. The normalized spacial score (nSPS) is 17.8. The van der Waals surface area contributed by atoms with Crippen LogP contribution in [0.2, 0.25) is 0 Å². The molecule has 0 heterocycles. The van der Waals surface area contributed by atoms with Crippen molar-refractivity contribution in [2.75, 3.05) is 0 Å². The SMILES string of the molecule is C[C@@H](N)C(=O)O.[2H]C([2H])(C(=O)O)[C@]([2H])(N)C(=O)O.[Cu+2]. The van der Waals surface area contributed by atoms with Gasteiger partial charge in [0.25, 0.3) is 0 Å². The smallest absolute Gasteiger partial charge is 0.481 e. The van der Waals surface area contributed by atoms with Crippen molar-refractivity contribution in [1.29, 1.82) is 0 Å². The molecule has 0 aromatic carbocycles. The first-order valence-electron chi connectivity index (χ1n) is 5.02. The molecule has 0 aliphatic carbocycles. The fourth-order valence-corrected chi connectivity index (χ4v) is 0.169. The van der Waals surface area contributed by atoms with Crippen molar-refractivity contribution in [3.05, 3.63) is 0 Å². The summed E-state index contributed by atoms with van der Waals surface area (Å²) in [6.07, 6.45) is -3.32. The molecule has 2 atom stereocenters. The zero-order valence-corrected chi connectivity index (χ0v) is 9.04. The van der Waals surface area contributed by atoms with Crippen LogP contribution in [0.15, 0.2) is 0 Å². The molecule has 0 spiro atoms. The van der Waals surface area contributed by atoms with Crippen molar-refractivity contribution in [2.45, 2.75) is 25.4 Å². The third-order valence-electron chi connectivity index (χ3n) is 0.862. The minimum Gasteiger partial charge on any atom is -0.481 e. The molecule has 0 aromatic rings. The summed E-state index contributed by atoms with van der Waals surface area (Å²) >= 11 is 0. The van der Waals surface area contributed by atoms with E-state index in [2.05, 4.69) is 5.73 Å². The van der Waals surface area contributed by atoms with Crippen molar-refractivity contribution >= 4 is 17.9 Å². The van der Waals surface area contributed by atoms with Gasteiger partial charge in [-0.1, -0.05) is 0 Å². The van der Waals surface area contributed by atoms with Gasteiger partial charge in [0.1, 0.15) is 12.1 Å². The molecule has 0 aliphatic heterocycles. The van der Waals surface area contributed by atoms with Gasteiger partial charge in [0.15, 0.2) is 0 Å². The second-order valence-corrected chi connectivity index (χ2v) is 2.28. The molecule has 0 bridgehead atoms. The van der Waals surface area contributed by atoms with E-state index in [0.717, 1.165) is 0 Å². The molecule has 0 saturated heterocycles. The molecule has 0 aliphatic rings. The molecule has 0 saturated carbocycles. The van der Waals surface area contributed by atoms with Crippen molar-refractivity contribution in [3.8, 4) is 0 Å². The van der Waals surface area contributed by atoms with E-state index in [1.807, 2.05) is 0 Å². The summed E-state index contributed by atoms with van der Waals surface area (Å²) in [5.74, 6) is -5.08. The Morgan fingerprint density at radius 1 is 1.25 bits per heavy atom. The third kappa shape index (κ3) is 15.3. The molecule has 97 valence electrons. The van der Waals surface area contributed by atoms with E-state index in [9.17, 15) is 14.4 Å². The van der Waals surface area contributed by atoms with Crippen LogP contribution in [-0.4, -0.2) is 45.3 Å². The standard InChI is InChI=1S/C4H7NO4.C3H7NO2.Cu/c5-2(4(8)9)1-3(6)7;1-2(4)3(5)6;/h2H,1,5H2,(H,6,7)(H,8,9);2H,4H2,1H3,(H,5,6);/q;;+2/t2*2-;/m01./s1/i1D2,2D;;. The second-order valence-electron chi connectivity index (χ2n) is 2.28. The minimum atomic E-state index is -3.32. The summed E-state index contributed by atoms with van der Waals surface area (Å²) in [5, 5.41) is 24.3. The molecule has 0 unspecified atom stereocenters. The van der Waals surface area contributed by atoms with Crippen LogP contribution in [0.25, 0.3) is 0 Å². The summed E-state index contributed by atoms with van der Waals surface area (Å²) in [4.78, 5) is 29.9. The molecule has 8 nitrogen and oxygen atoms in total. The van der Waals surface area contributed by atoms with Crippen molar-refractivity contribution < 1.29 is 50.9 Å². The molecule has 0 fully saturated rings. The predicted molar refractivity (Wildman–Crippen MR) is 49.1 cm³/mol. The van der Waals surface area contributed by atoms with Gasteiger partial charge >= 0.3 is 35.0 Å².